The van der Waals surface area contributed by atoms with Crippen LogP contribution in [0, 0.1) is 5.92 Å². The number of pyridine rings is 1. The van der Waals surface area contributed by atoms with Crippen molar-refractivity contribution >= 4 is 0 Å². The first-order chi connectivity index (χ1) is 8.19. The van der Waals surface area contributed by atoms with E-state index in [2.05, 4.69) is 16.8 Å². The fourth-order valence-electron chi connectivity index (χ4n) is 2.15. The third-order valence-corrected chi connectivity index (χ3v) is 3.38. The fraction of sp³-hybridized carbons (Fsp3) is 0.615. The van der Waals surface area contributed by atoms with Crippen LogP contribution in [0.5, 0.6) is 5.88 Å². The van der Waals surface area contributed by atoms with Gasteiger partial charge in [0.15, 0.2) is 0 Å². The molecule has 1 saturated heterocycles. The van der Waals surface area contributed by atoms with E-state index in [4.69, 9.17) is 4.74 Å². The summed E-state index contributed by atoms with van der Waals surface area (Å²) >= 11 is 0. The predicted octanol–water partition coefficient (Wildman–Crippen LogP) is 1.29. The Morgan fingerprint density at radius 1 is 1.53 bits per heavy atom. The van der Waals surface area contributed by atoms with Gasteiger partial charge in [-0.25, -0.2) is 4.98 Å². The number of aliphatic hydroxyl groups excluding tert-OH is 1. The highest BCUT2D eigenvalue weighted by atomic mass is 16.5. The van der Waals surface area contributed by atoms with Gasteiger partial charge in [0.05, 0.1) is 18.9 Å². The van der Waals surface area contributed by atoms with Gasteiger partial charge in [0.2, 0.25) is 5.88 Å². The van der Waals surface area contributed by atoms with Crippen molar-refractivity contribution in [3.05, 3.63) is 23.9 Å². The number of hydrogen-bond acceptors (Lipinski definition) is 4. The number of likely N-dealkylation sites (tertiary alicyclic amines) is 1. The molecule has 2 atom stereocenters. The number of methoxy groups -OCH3 is 1. The molecular formula is C13H20N2O2. The average molecular weight is 236 g/mol. The van der Waals surface area contributed by atoms with Gasteiger partial charge >= 0.3 is 0 Å². The Balaban J connectivity index is 1.96. The Bertz CT molecular complexity index is 370. The molecule has 0 saturated carbocycles. The van der Waals surface area contributed by atoms with E-state index in [1.807, 2.05) is 18.2 Å². The fourth-order valence-corrected chi connectivity index (χ4v) is 2.15. The smallest absolute Gasteiger partial charge is 0.213 e. The van der Waals surface area contributed by atoms with E-state index in [-0.39, 0.29) is 6.10 Å². The van der Waals surface area contributed by atoms with Crippen molar-refractivity contribution in [2.24, 2.45) is 5.92 Å². The number of piperidine rings is 1. The van der Waals surface area contributed by atoms with Crippen molar-refractivity contribution in [2.45, 2.75) is 26.0 Å². The molecule has 1 aromatic rings. The lowest BCUT2D eigenvalue weighted by atomic mass is 9.96. The van der Waals surface area contributed by atoms with Crippen molar-refractivity contribution < 1.29 is 9.84 Å². The van der Waals surface area contributed by atoms with Crippen LogP contribution in [0.3, 0.4) is 0 Å². The number of β-amino-alcohol motifs (C(OH)–C–C–N with tert-alkyl or cyclic N) is 1. The molecule has 1 aliphatic heterocycles. The molecule has 0 bridgehead atoms. The van der Waals surface area contributed by atoms with E-state index in [1.165, 1.54) is 0 Å². The number of nitrogens with zero attached hydrogens (tertiary/aromatic N) is 2. The van der Waals surface area contributed by atoms with Gasteiger partial charge in [0, 0.05) is 19.2 Å². The minimum atomic E-state index is -0.214. The molecule has 2 unspecified atom stereocenters. The highest BCUT2D eigenvalue weighted by Crippen LogP contribution is 2.18. The maximum absolute atomic E-state index is 9.84. The van der Waals surface area contributed by atoms with Gasteiger partial charge in [-0.1, -0.05) is 13.0 Å². The number of rotatable bonds is 3. The molecule has 4 heteroatoms. The second kappa shape index (κ2) is 5.47. The van der Waals surface area contributed by atoms with Gasteiger partial charge in [-0.15, -0.1) is 0 Å². The molecule has 94 valence electrons. The van der Waals surface area contributed by atoms with Crippen molar-refractivity contribution in [1.82, 2.24) is 9.88 Å². The summed E-state index contributed by atoms with van der Waals surface area (Å²) in [4.78, 5) is 6.63. The van der Waals surface area contributed by atoms with Crippen LogP contribution >= 0.6 is 0 Å². The van der Waals surface area contributed by atoms with Crippen LogP contribution in [0.2, 0.25) is 0 Å². The minimum Gasteiger partial charge on any atom is -0.481 e. The highest BCUT2D eigenvalue weighted by Gasteiger charge is 2.24. The highest BCUT2D eigenvalue weighted by molar-refractivity contribution is 5.15. The first-order valence-electron chi connectivity index (χ1n) is 6.09. The zero-order valence-electron chi connectivity index (χ0n) is 10.5. The molecular weight excluding hydrogens is 216 g/mol. The zero-order valence-corrected chi connectivity index (χ0v) is 10.5. The Morgan fingerprint density at radius 2 is 2.35 bits per heavy atom. The van der Waals surface area contributed by atoms with E-state index in [1.54, 1.807) is 7.11 Å². The zero-order chi connectivity index (χ0) is 12.3. The minimum absolute atomic E-state index is 0.214. The normalized spacial score (nSPS) is 25.8. The molecule has 0 radical (unpaired) electrons. The maximum atomic E-state index is 9.84. The number of ether oxygens (including phenoxy) is 1. The van der Waals surface area contributed by atoms with E-state index >= 15 is 0 Å². The van der Waals surface area contributed by atoms with Crippen molar-refractivity contribution in [2.75, 3.05) is 20.2 Å². The molecule has 1 N–H and O–H groups in total. The topological polar surface area (TPSA) is 45.6 Å². The monoisotopic (exact) mass is 236 g/mol. The van der Waals surface area contributed by atoms with Gasteiger partial charge in [-0.05, 0) is 24.9 Å². The summed E-state index contributed by atoms with van der Waals surface area (Å²) in [5.74, 6) is 1.05. The molecule has 17 heavy (non-hydrogen) atoms. The first-order valence-corrected chi connectivity index (χ1v) is 6.09. The van der Waals surface area contributed by atoms with E-state index in [9.17, 15) is 5.11 Å². The van der Waals surface area contributed by atoms with Crippen LogP contribution in [-0.4, -0.2) is 41.3 Å². The summed E-state index contributed by atoms with van der Waals surface area (Å²) in [6.07, 6.45) is 0.833. The number of aliphatic hydroxyl groups is 1. The van der Waals surface area contributed by atoms with E-state index in [0.717, 1.165) is 31.7 Å². The van der Waals surface area contributed by atoms with Crippen LogP contribution in [0.15, 0.2) is 18.2 Å². The number of aromatic nitrogens is 1. The molecule has 1 aromatic heterocycles. The molecule has 1 aliphatic rings. The second-order valence-corrected chi connectivity index (χ2v) is 4.74. The summed E-state index contributed by atoms with van der Waals surface area (Å²) < 4.78 is 5.10. The first kappa shape index (κ1) is 12.3. The largest absolute Gasteiger partial charge is 0.481 e. The molecule has 0 aromatic carbocycles. The Morgan fingerprint density at radius 3 is 3.06 bits per heavy atom. The standard InChI is InChI=1S/C13H20N2O2/c1-10-6-7-15(9-12(10)16)8-11-4-3-5-13(14-11)17-2/h3-5,10,12,16H,6-9H2,1-2H3. The molecule has 0 aliphatic carbocycles. The number of hydrogen-bond donors (Lipinski definition) is 1. The second-order valence-electron chi connectivity index (χ2n) is 4.74. The average Bonchev–Trinajstić information content (AvgIpc) is 2.34. The summed E-state index contributed by atoms with van der Waals surface area (Å²) in [7, 11) is 1.62. The lowest BCUT2D eigenvalue weighted by Gasteiger charge is -2.33. The van der Waals surface area contributed by atoms with E-state index in [0.29, 0.717) is 11.8 Å². The quantitative estimate of drug-likeness (QED) is 0.859. The lowest BCUT2D eigenvalue weighted by molar-refractivity contribution is 0.0254. The van der Waals surface area contributed by atoms with Crippen LogP contribution < -0.4 is 4.74 Å². The molecule has 4 nitrogen and oxygen atoms in total. The predicted molar refractivity (Wildman–Crippen MR) is 65.9 cm³/mol. The Hall–Kier alpha value is -1.13. The Labute approximate surface area is 102 Å². The summed E-state index contributed by atoms with van der Waals surface area (Å²) in [5, 5.41) is 9.84. The molecule has 1 fully saturated rings. The molecule has 2 heterocycles. The van der Waals surface area contributed by atoms with Crippen LogP contribution in [0.1, 0.15) is 19.0 Å². The molecule has 0 amide bonds. The summed E-state index contributed by atoms with van der Waals surface area (Å²) in [6.45, 7) is 4.64. The van der Waals surface area contributed by atoms with Gasteiger partial charge in [0.1, 0.15) is 0 Å². The summed E-state index contributed by atoms with van der Waals surface area (Å²) in [5.41, 5.74) is 0.992. The Kier molecular flexibility index (Phi) is 3.97. The maximum Gasteiger partial charge on any atom is 0.213 e. The SMILES string of the molecule is COc1cccc(CN2CCC(C)C(O)C2)n1. The van der Waals surface area contributed by atoms with Crippen LogP contribution in [0.25, 0.3) is 0 Å². The molecule has 2 rings (SSSR count). The summed E-state index contributed by atoms with van der Waals surface area (Å²) in [6, 6.07) is 5.79. The van der Waals surface area contributed by atoms with Crippen molar-refractivity contribution in [3.63, 3.8) is 0 Å². The third-order valence-electron chi connectivity index (χ3n) is 3.38. The third kappa shape index (κ3) is 3.17. The van der Waals surface area contributed by atoms with Gasteiger partial charge < -0.3 is 9.84 Å². The van der Waals surface area contributed by atoms with Gasteiger partial charge in [0.25, 0.3) is 0 Å². The van der Waals surface area contributed by atoms with Gasteiger partial charge in [-0.2, -0.15) is 0 Å². The van der Waals surface area contributed by atoms with Crippen molar-refractivity contribution in [1.29, 1.82) is 0 Å². The lowest BCUT2D eigenvalue weighted by Crippen LogP contribution is -2.42. The van der Waals surface area contributed by atoms with E-state index < -0.39 is 0 Å². The van der Waals surface area contributed by atoms with Gasteiger partial charge in [-0.3, -0.25) is 4.90 Å². The molecule has 0 spiro atoms. The van der Waals surface area contributed by atoms with Crippen LogP contribution in [-0.2, 0) is 6.54 Å². The van der Waals surface area contributed by atoms with Crippen LogP contribution in [0.4, 0.5) is 0 Å². The van der Waals surface area contributed by atoms with Crippen molar-refractivity contribution in [3.8, 4) is 5.88 Å².